The molecule has 1 aromatic heterocycles. The van der Waals surface area contributed by atoms with Crippen LogP contribution in [0.1, 0.15) is 5.56 Å². The molecule has 0 bridgehead atoms. The number of pyridine rings is 1. The van der Waals surface area contributed by atoms with E-state index in [1.54, 1.807) is 6.07 Å². The first-order valence-electron chi connectivity index (χ1n) is 4.90. The highest BCUT2D eigenvalue weighted by Gasteiger charge is 2.08. The molecule has 4 nitrogen and oxygen atoms in total. The minimum Gasteiger partial charge on any atom is -0.480 e. The number of hydrogen-bond donors (Lipinski definition) is 1. The third-order valence-corrected chi connectivity index (χ3v) is 2.50. The Bertz CT molecular complexity index is 613. The fourth-order valence-corrected chi connectivity index (χ4v) is 1.84. The molecule has 2 aromatic rings. The molecule has 0 unspecified atom stereocenters. The summed E-state index contributed by atoms with van der Waals surface area (Å²) >= 11 is 0. The van der Waals surface area contributed by atoms with E-state index in [1.165, 1.54) is 10.6 Å². The van der Waals surface area contributed by atoms with E-state index < -0.39 is 5.97 Å². The minimum absolute atomic E-state index is 0.288. The average Bonchev–Trinajstić information content (AvgIpc) is 2.22. The average molecular weight is 217 g/mol. The molecule has 1 aromatic carbocycles. The second-order valence-corrected chi connectivity index (χ2v) is 3.66. The highest BCUT2D eigenvalue weighted by molar-refractivity contribution is 5.83. The number of nitrogens with zero attached hydrogens (tertiary/aromatic N) is 1. The molecule has 2 rings (SSSR count). The van der Waals surface area contributed by atoms with Crippen molar-refractivity contribution in [3.05, 3.63) is 46.2 Å². The fraction of sp³-hybridized carbons (Fsp3) is 0.167. The van der Waals surface area contributed by atoms with Gasteiger partial charge in [0.05, 0.1) is 5.52 Å². The first-order chi connectivity index (χ1) is 7.59. The highest BCUT2D eigenvalue weighted by Crippen LogP contribution is 2.15. The lowest BCUT2D eigenvalue weighted by Crippen LogP contribution is -2.23. The first kappa shape index (κ1) is 10.4. The number of carbonyl (C=O) groups is 1. The molecule has 82 valence electrons. The van der Waals surface area contributed by atoms with Crippen LogP contribution in [-0.2, 0) is 11.3 Å². The van der Waals surface area contributed by atoms with Crippen LogP contribution in [0.5, 0.6) is 0 Å². The van der Waals surface area contributed by atoms with Crippen LogP contribution in [0.2, 0.25) is 0 Å². The largest absolute Gasteiger partial charge is 0.480 e. The van der Waals surface area contributed by atoms with Crippen LogP contribution in [0.3, 0.4) is 0 Å². The summed E-state index contributed by atoms with van der Waals surface area (Å²) in [5, 5.41) is 9.66. The van der Waals surface area contributed by atoms with Gasteiger partial charge in [0.2, 0.25) is 0 Å². The number of aryl methyl sites for hydroxylation is 1. The number of aliphatic carboxylic acids is 1. The van der Waals surface area contributed by atoms with Gasteiger partial charge in [0.1, 0.15) is 6.54 Å². The summed E-state index contributed by atoms with van der Waals surface area (Å²) in [6, 6.07) is 8.71. The Morgan fingerprint density at radius 3 is 2.75 bits per heavy atom. The summed E-state index contributed by atoms with van der Waals surface area (Å²) in [6.07, 6.45) is 0. The van der Waals surface area contributed by atoms with E-state index in [0.29, 0.717) is 5.52 Å². The van der Waals surface area contributed by atoms with Crippen molar-refractivity contribution in [1.29, 1.82) is 0 Å². The van der Waals surface area contributed by atoms with Gasteiger partial charge >= 0.3 is 5.97 Å². The van der Waals surface area contributed by atoms with Gasteiger partial charge in [-0.25, -0.2) is 0 Å². The molecular formula is C12H11NO3. The van der Waals surface area contributed by atoms with E-state index in [4.69, 9.17) is 5.11 Å². The van der Waals surface area contributed by atoms with Crippen LogP contribution < -0.4 is 5.56 Å². The number of para-hydroxylation sites is 1. The van der Waals surface area contributed by atoms with Gasteiger partial charge in [-0.3, -0.25) is 14.2 Å². The number of hydrogen-bond acceptors (Lipinski definition) is 2. The third-order valence-electron chi connectivity index (χ3n) is 2.50. The maximum atomic E-state index is 11.6. The predicted molar refractivity (Wildman–Crippen MR) is 60.6 cm³/mol. The van der Waals surface area contributed by atoms with Gasteiger partial charge in [-0.05, 0) is 23.9 Å². The van der Waals surface area contributed by atoms with Gasteiger partial charge < -0.3 is 5.11 Å². The van der Waals surface area contributed by atoms with Crippen molar-refractivity contribution in [2.24, 2.45) is 0 Å². The zero-order chi connectivity index (χ0) is 11.7. The van der Waals surface area contributed by atoms with Crippen LogP contribution in [0.15, 0.2) is 35.1 Å². The second kappa shape index (κ2) is 3.81. The van der Waals surface area contributed by atoms with Crippen LogP contribution >= 0.6 is 0 Å². The van der Waals surface area contributed by atoms with E-state index in [2.05, 4.69) is 0 Å². The Morgan fingerprint density at radius 1 is 1.31 bits per heavy atom. The summed E-state index contributed by atoms with van der Waals surface area (Å²) in [4.78, 5) is 22.3. The van der Waals surface area contributed by atoms with E-state index in [0.717, 1.165) is 10.9 Å². The molecule has 0 aliphatic carbocycles. The Kier molecular flexibility index (Phi) is 2.48. The normalized spacial score (nSPS) is 10.6. The van der Waals surface area contributed by atoms with E-state index in [1.807, 2.05) is 25.1 Å². The number of rotatable bonds is 2. The number of benzene rings is 1. The smallest absolute Gasteiger partial charge is 0.323 e. The number of aromatic nitrogens is 1. The van der Waals surface area contributed by atoms with Crippen molar-refractivity contribution in [1.82, 2.24) is 4.57 Å². The van der Waals surface area contributed by atoms with Gasteiger partial charge in [-0.2, -0.15) is 0 Å². The monoisotopic (exact) mass is 217 g/mol. The molecule has 16 heavy (non-hydrogen) atoms. The summed E-state index contributed by atoms with van der Waals surface area (Å²) in [5.74, 6) is -1.02. The minimum atomic E-state index is -1.02. The molecule has 0 radical (unpaired) electrons. The van der Waals surface area contributed by atoms with Crippen LogP contribution in [-0.4, -0.2) is 15.6 Å². The predicted octanol–water partition coefficient (Wildman–Crippen LogP) is 1.39. The molecule has 0 spiro atoms. The Balaban J connectivity index is 2.83. The molecule has 0 aliphatic heterocycles. The molecule has 4 heteroatoms. The zero-order valence-corrected chi connectivity index (χ0v) is 8.80. The van der Waals surface area contributed by atoms with Gasteiger partial charge in [-0.1, -0.05) is 18.2 Å². The number of carboxylic acid groups (broad SMARTS) is 1. The zero-order valence-electron chi connectivity index (χ0n) is 8.80. The molecule has 0 fully saturated rings. The first-order valence-corrected chi connectivity index (χ1v) is 4.90. The quantitative estimate of drug-likeness (QED) is 0.827. The standard InChI is InChI=1S/C12H11NO3/c1-8-3-2-4-9-5-6-10(14)13(12(8)9)7-11(15)16/h2-6H,7H2,1H3,(H,15,16). The molecule has 0 saturated heterocycles. The topological polar surface area (TPSA) is 59.3 Å². The Hall–Kier alpha value is -2.10. The van der Waals surface area contributed by atoms with Crippen LogP contribution in [0.4, 0.5) is 0 Å². The molecule has 0 atom stereocenters. The summed E-state index contributed by atoms with van der Waals surface area (Å²) in [5.41, 5.74) is 1.30. The molecule has 0 amide bonds. The lowest BCUT2D eigenvalue weighted by Gasteiger charge is -2.09. The fourth-order valence-electron chi connectivity index (χ4n) is 1.84. The van der Waals surface area contributed by atoms with Gasteiger partial charge in [0.25, 0.3) is 5.56 Å². The van der Waals surface area contributed by atoms with Gasteiger partial charge in [0, 0.05) is 6.07 Å². The third kappa shape index (κ3) is 1.69. The maximum Gasteiger partial charge on any atom is 0.323 e. The van der Waals surface area contributed by atoms with Crippen molar-refractivity contribution < 1.29 is 9.90 Å². The van der Waals surface area contributed by atoms with Crippen molar-refractivity contribution in [3.63, 3.8) is 0 Å². The van der Waals surface area contributed by atoms with Crippen molar-refractivity contribution in [3.8, 4) is 0 Å². The lowest BCUT2D eigenvalue weighted by atomic mass is 10.1. The Morgan fingerprint density at radius 2 is 2.06 bits per heavy atom. The summed E-state index contributed by atoms with van der Waals surface area (Å²) < 4.78 is 1.28. The SMILES string of the molecule is Cc1cccc2ccc(=O)n(CC(=O)O)c12. The van der Waals surface area contributed by atoms with E-state index in [-0.39, 0.29) is 12.1 Å². The molecule has 0 saturated carbocycles. The van der Waals surface area contributed by atoms with Crippen LogP contribution in [0.25, 0.3) is 10.9 Å². The number of fused-ring (bicyclic) bond motifs is 1. The van der Waals surface area contributed by atoms with Crippen molar-refractivity contribution in [2.75, 3.05) is 0 Å². The van der Waals surface area contributed by atoms with Gasteiger partial charge in [-0.15, -0.1) is 0 Å². The number of carboxylic acids is 1. The van der Waals surface area contributed by atoms with Crippen LogP contribution in [0, 0.1) is 6.92 Å². The Labute approximate surface area is 91.8 Å². The van der Waals surface area contributed by atoms with Crippen molar-refractivity contribution >= 4 is 16.9 Å². The van der Waals surface area contributed by atoms with Gasteiger partial charge in [0.15, 0.2) is 0 Å². The maximum absolute atomic E-state index is 11.6. The molecule has 1 heterocycles. The van der Waals surface area contributed by atoms with E-state index >= 15 is 0 Å². The lowest BCUT2D eigenvalue weighted by molar-refractivity contribution is -0.137. The molecular weight excluding hydrogens is 206 g/mol. The molecule has 0 aliphatic rings. The summed E-state index contributed by atoms with van der Waals surface area (Å²) in [7, 11) is 0. The highest BCUT2D eigenvalue weighted by atomic mass is 16.4. The summed E-state index contributed by atoms with van der Waals surface area (Å²) in [6.45, 7) is 1.56. The second-order valence-electron chi connectivity index (χ2n) is 3.66. The van der Waals surface area contributed by atoms with Crippen molar-refractivity contribution in [2.45, 2.75) is 13.5 Å². The van der Waals surface area contributed by atoms with E-state index in [9.17, 15) is 9.59 Å². The molecule has 1 N–H and O–H groups in total.